The van der Waals surface area contributed by atoms with Crippen LogP contribution in [0.15, 0.2) is 23.0 Å². The third kappa shape index (κ3) is 2.78. The number of nitrogens with zero attached hydrogens (tertiary/aromatic N) is 3. The van der Waals surface area contributed by atoms with E-state index in [0.717, 1.165) is 11.3 Å². The average molecular weight is 378 g/mol. The van der Waals surface area contributed by atoms with E-state index in [9.17, 15) is 9.18 Å². The summed E-state index contributed by atoms with van der Waals surface area (Å²) < 4.78 is 22.4. The molecule has 0 aliphatic rings. The Labute approximate surface area is 156 Å². The predicted molar refractivity (Wildman–Crippen MR) is 101 cm³/mol. The van der Waals surface area contributed by atoms with Gasteiger partial charge in [-0.2, -0.15) is 0 Å². The van der Waals surface area contributed by atoms with Gasteiger partial charge in [0.15, 0.2) is 17.4 Å². The Kier molecular flexibility index (Phi) is 4.80. The number of aryl methyl sites for hydroxylation is 1. The molecule has 5 nitrogen and oxygen atoms in total. The number of hydrogen-bond acceptors (Lipinski definition) is 3. The fraction of sp³-hybridized carbons (Fsp3) is 0.368. The maximum Gasteiger partial charge on any atom is 0.278 e. The van der Waals surface area contributed by atoms with Gasteiger partial charge in [-0.05, 0) is 37.5 Å². The number of ether oxygens (including phenoxy) is 1. The molecule has 7 heteroatoms. The first-order chi connectivity index (χ1) is 12.3. The third-order valence-electron chi connectivity index (χ3n) is 4.50. The zero-order valence-electron chi connectivity index (χ0n) is 15.4. The Bertz CT molecular complexity index is 1050. The molecule has 0 bridgehead atoms. The van der Waals surface area contributed by atoms with Crippen LogP contribution in [0.3, 0.4) is 0 Å². The van der Waals surface area contributed by atoms with Crippen molar-refractivity contribution in [3.8, 4) is 17.1 Å². The fourth-order valence-electron chi connectivity index (χ4n) is 3.16. The van der Waals surface area contributed by atoms with Gasteiger partial charge in [-0.1, -0.05) is 25.4 Å². The quantitative estimate of drug-likeness (QED) is 0.676. The number of methoxy groups -OCH3 is 1. The summed E-state index contributed by atoms with van der Waals surface area (Å²) in [5.41, 5.74) is 2.52. The van der Waals surface area contributed by atoms with E-state index in [-0.39, 0.29) is 22.2 Å². The van der Waals surface area contributed by atoms with Crippen molar-refractivity contribution in [3.05, 3.63) is 50.7 Å². The van der Waals surface area contributed by atoms with Crippen molar-refractivity contribution in [1.29, 1.82) is 0 Å². The molecule has 2 aromatic heterocycles. The number of benzene rings is 1. The standard InChI is InChI=1S/C19H21ClFN3O2/c1-6-23-18(13-8-15(21)16(26-5)9-14(13)20)22-24-11(4)7-12(10(2)3)17(24)19(23)25/h7-10H,6H2,1-5H3. The summed E-state index contributed by atoms with van der Waals surface area (Å²) in [4.78, 5) is 13.2. The Hall–Kier alpha value is -2.34. The number of hydrogen-bond donors (Lipinski definition) is 0. The molecule has 2 heterocycles. The van der Waals surface area contributed by atoms with Crippen molar-refractivity contribution < 1.29 is 9.13 Å². The van der Waals surface area contributed by atoms with Gasteiger partial charge >= 0.3 is 0 Å². The smallest absolute Gasteiger partial charge is 0.278 e. The third-order valence-corrected chi connectivity index (χ3v) is 4.82. The average Bonchev–Trinajstić information content (AvgIpc) is 2.94. The highest BCUT2D eigenvalue weighted by Gasteiger charge is 2.21. The first-order valence-corrected chi connectivity index (χ1v) is 8.84. The molecular formula is C19H21ClFN3O2. The second-order valence-corrected chi connectivity index (χ2v) is 6.90. The topological polar surface area (TPSA) is 48.5 Å². The van der Waals surface area contributed by atoms with Gasteiger partial charge in [-0.15, -0.1) is 5.10 Å². The van der Waals surface area contributed by atoms with Crippen LogP contribution in [0, 0.1) is 12.7 Å². The van der Waals surface area contributed by atoms with Crippen LogP contribution < -0.4 is 10.3 Å². The highest BCUT2D eigenvalue weighted by atomic mass is 35.5. The molecule has 0 spiro atoms. The van der Waals surface area contributed by atoms with Crippen molar-refractivity contribution in [2.75, 3.05) is 7.11 Å². The molecule has 0 amide bonds. The normalized spacial score (nSPS) is 11.5. The lowest BCUT2D eigenvalue weighted by molar-refractivity contribution is 0.386. The predicted octanol–water partition coefficient (Wildman–Crippen LogP) is 4.42. The van der Waals surface area contributed by atoms with E-state index in [0.29, 0.717) is 23.4 Å². The van der Waals surface area contributed by atoms with Gasteiger partial charge < -0.3 is 4.74 Å². The van der Waals surface area contributed by atoms with E-state index < -0.39 is 5.82 Å². The lowest BCUT2D eigenvalue weighted by Crippen LogP contribution is -2.26. The van der Waals surface area contributed by atoms with Gasteiger partial charge in [0.1, 0.15) is 5.52 Å². The number of fused-ring (bicyclic) bond motifs is 1. The van der Waals surface area contributed by atoms with E-state index >= 15 is 0 Å². The lowest BCUT2D eigenvalue weighted by atomic mass is 10.1. The Balaban J connectivity index is 2.40. The number of rotatable bonds is 4. The summed E-state index contributed by atoms with van der Waals surface area (Å²) in [6.07, 6.45) is 0. The highest BCUT2D eigenvalue weighted by molar-refractivity contribution is 6.33. The first-order valence-electron chi connectivity index (χ1n) is 8.46. The van der Waals surface area contributed by atoms with Gasteiger partial charge in [0.25, 0.3) is 5.56 Å². The van der Waals surface area contributed by atoms with Gasteiger partial charge in [-0.3, -0.25) is 9.36 Å². The van der Waals surface area contributed by atoms with Crippen LogP contribution in [0.25, 0.3) is 16.9 Å². The molecule has 3 aromatic rings. The highest BCUT2D eigenvalue weighted by Crippen LogP contribution is 2.32. The van der Waals surface area contributed by atoms with Crippen molar-refractivity contribution in [3.63, 3.8) is 0 Å². The molecule has 26 heavy (non-hydrogen) atoms. The molecule has 138 valence electrons. The minimum Gasteiger partial charge on any atom is -0.494 e. The summed E-state index contributed by atoms with van der Waals surface area (Å²) >= 11 is 6.33. The molecule has 0 fully saturated rings. The molecule has 0 radical (unpaired) electrons. The molecule has 0 saturated carbocycles. The van der Waals surface area contributed by atoms with Crippen molar-refractivity contribution in [2.45, 2.75) is 40.2 Å². The molecule has 1 aromatic carbocycles. The van der Waals surface area contributed by atoms with E-state index in [1.165, 1.54) is 23.8 Å². The van der Waals surface area contributed by atoms with Crippen LogP contribution >= 0.6 is 11.6 Å². The van der Waals surface area contributed by atoms with Gasteiger partial charge in [-0.25, -0.2) is 8.91 Å². The second-order valence-electron chi connectivity index (χ2n) is 6.50. The van der Waals surface area contributed by atoms with Crippen molar-refractivity contribution in [2.24, 2.45) is 0 Å². The van der Waals surface area contributed by atoms with Crippen LogP contribution in [0.1, 0.15) is 37.9 Å². The molecule has 0 unspecified atom stereocenters. The molecular weight excluding hydrogens is 357 g/mol. The van der Waals surface area contributed by atoms with Crippen LogP contribution in [0.2, 0.25) is 5.02 Å². The summed E-state index contributed by atoms with van der Waals surface area (Å²) in [5, 5.41) is 4.89. The van der Waals surface area contributed by atoms with E-state index in [1.54, 1.807) is 4.52 Å². The van der Waals surface area contributed by atoms with Gasteiger partial charge in [0.05, 0.1) is 12.1 Å². The molecule has 0 aliphatic carbocycles. The van der Waals surface area contributed by atoms with E-state index in [2.05, 4.69) is 5.10 Å². The molecule has 0 N–H and O–H groups in total. The number of aromatic nitrogens is 3. The second kappa shape index (κ2) is 6.76. The number of halogens is 2. The maximum absolute atomic E-state index is 14.2. The summed E-state index contributed by atoms with van der Waals surface area (Å²) in [6, 6.07) is 4.61. The van der Waals surface area contributed by atoms with Crippen LogP contribution in [-0.4, -0.2) is 21.3 Å². The minimum absolute atomic E-state index is 0.0458. The minimum atomic E-state index is -0.559. The van der Waals surface area contributed by atoms with Gasteiger partial charge in [0.2, 0.25) is 0 Å². The molecule has 3 rings (SSSR count). The lowest BCUT2D eigenvalue weighted by Gasteiger charge is -2.14. The van der Waals surface area contributed by atoms with E-state index in [1.807, 2.05) is 33.8 Å². The Morgan fingerprint density at radius 3 is 2.58 bits per heavy atom. The summed E-state index contributed by atoms with van der Waals surface area (Å²) in [6.45, 7) is 8.20. The largest absolute Gasteiger partial charge is 0.494 e. The van der Waals surface area contributed by atoms with Crippen LogP contribution in [0.5, 0.6) is 5.75 Å². The molecule has 0 atom stereocenters. The van der Waals surface area contributed by atoms with Crippen molar-refractivity contribution in [1.82, 2.24) is 14.2 Å². The SMILES string of the molecule is CCn1c(-c2cc(F)c(OC)cc2Cl)nn2c(C)cc(C(C)C)c2c1=O. The Morgan fingerprint density at radius 1 is 1.31 bits per heavy atom. The van der Waals surface area contributed by atoms with Crippen molar-refractivity contribution >= 4 is 17.1 Å². The molecule has 0 aliphatic heterocycles. The Morgan fingerprint density at radius 2 is 2.00 bits per heavy atom. The monoisotopic (exact) mass is 377 g/mol. The van der Waals surface area contributed by atoms with Crippen LogP contribution in [-0.2, 0) is 6.54 Å². The van der Waals surface area contributed by atoms with E-state index in [4.69, 9.17) is 16.3 Å². The summed E-state index contributed by atoms with van der Waals surface area (Å²) in [7, 11) is 1.37. The molecule has 0 saturated heterocycles. The van der Waals surface area contributed by atoms with Gasteiger partial charge in [0, 0.05) is 23.9 Å². The van der Waals surface area contributed by atoms with Crippen LogP contribution in [0.4, 0.5) is 4.39 Å². The summed E-state index contributed by atoms with van der Waals surface area (Å²) in [5.74, 6) is -0.00241. The zero-order chi connectivity index (χ0) is 19.2. The fourth-order valence-corrected chi connectivity index (χ4v) is 3.40. The zero-order valence-corrected chi connectivity index (χ0v) is 16.2. The first kappa shape index (κ1) is 18.5. The maximum atomic E-state index is 14.2.